The minimum atomic E-state index is -0.309. The van der Waals surface area contributed by atoms with Gasteiger partial charge in [0.05, 0.1) is 6.61 Å². The quantitative estimate of drug-likeness (QED) is 0.378. The smallest absolute Gasteiger partial charge is 0.323 e. The van der Waals surface area contributed by atoms with Crippen LogP contribution >= 0.6 is 11.8 Å². The molecule has 0 saturated carbocycles. The first-order valence-electron chi connectivity index (χ1n) is 10.4. The summed E-state index contributed by atoms with van der Waals surface area (Å²) in [6.07, 6.45) is 0.822. The second-order valence-corrected chi connectivity index (χ2v) is 8.07. The van der Waals surface area contributed by atoms with Crippen LogP contribution in [0.25, 0.3) is 5.78 Å². The van der Waals surface area contributed by atoms with Crippen LogP contribution in [0.3, 0.4) is 0 Å². The molecule has 4 rings (SSSR count). The number of benzene rings is 2. The number of nitrogens with one attached hydrogen (secondary N) is 2. The zero-order valence-electron chi connectivity index (χ0n) is 18.1. The standard InChI is InChI=1S/C23H24N6O2S/c1-4-16-14-21(29-22(25-16)24-15(3)28-29)32-20-12-8-18(9-13-20)27-23(30)26-17-6-10-19(11-7-17)31-5-2/h6-14H,4-5H2,1-3H3,(H2,26,27,30). The molecule has 0 fully saturated rings. The Labute approximate surface area is 190 Å². The van der Waals surface area contributed by atoms with E-state index in [9.17, 15) is 4.79 Å². The third-order valence-corrected chi connectivity index (χ3v) is 5.57. The summed E-state index contributed by atoms with van der Waals surface area (Å²) < 4.78 is 7.17. The van der Waals surface area contributed by atoms with E-state index in [-0.39, 0.29) is 6.03 Å². The molecule has 0 spiro atoms. The van der Waals surface area contributed by atoms with E-state index < -0.39 is 0 Å². The normalized spacial score (nSPS) is 10.8. The Morgan fingerprint density at radius 3 is 2.28 bits per heavy atom. The topological polar surface area (TPSA) is 93.4 Å². The number of anilines is 2. The second kappa shape index (κ2) is 9.69. The molecule has 32 heavy (non-hydrogen) atoms. The number of amides is 2. The summed E-state index contributed by atoms with van der Waals surface area (Å²) in [5.41, 5.74) is 2.36. The molecule has 4 aromatic rings. The Bertz CT molecular complexity index is 1220. The van der Waals surface area contributed by atoms with Crippen LogP contribution in [0.15, 0.2) is 64.5 Å². The summed E-state index contributed by atoms with van der Waals surface area (Å²) in [5, 5.41) is 11.0. The molecule has 0 aliphatic carbocycles. The minimum absolute atomic E-state index is 0.309. The van der Waals surface area contributed by atoms with E-state index in [1.165, 1.54) is 0 Å². The maximum Gasteiger partial charge on any atom is 0.323 e. The van der Waals surface area contributed by atoms with E-state index in [1.54, 1.807) is 28.4 Å². The number of urea groups is 1. The molecule has 0 saturated heterocycles. The Kier molecular flexibility index (Phi) is 6.55. The molecular weight excluding hydrogens is 424 g/mol. The lowest BCUT2D eigenvalue weighted by Crippen LogP contribution is -2.19. The fraction of sp³-hybridized carbons (Fsp3) is 0.217. The largest absolute Gasteiger partial charge is 0.494 e. The van der Waals surface area contributed by atoms with Crippen LogP contribution in [0.2, 0.25) is 0 Å². The molecular formula is C23H24N6O2S. The molecule has 2 N–H and O–H groups in total. The molecule has 9 heteroatoms. The van der Waals surface area contributed by atoms with Crippen molar-refractivity contribution in [3.63, 3.8) is 0 Å². The Morgan fingerprint density at radius 1 is 1.00 bits per heavy atom. The van der Waals surface area contributed by atoms with Crippen LogP contribution in [-0.2, 0) is 6.42 Å². The molecule has 0 radical (unpaired) electrons. The van der Waals surface area contributed by atoms with Gasteiger partial charge >= 0.3 is 6.03 Å². The van der Waals surface area contributed by atoms with Gasteiger partial charge < -0.3 is 15.4 Å². The van der Waals surface area contributed by atoms with Crippen molar-refractivity contribution in [1.29, 1.82) is 0 Å². The molecule has 0 unspecified atom stereocenters. The third kappa shape index (κ3) is 5.17. The fourth-order valence-corrected chi connectivity index (χ4v) is 3.98. The average molecular weight is 449 g/mol. The Hall–Kier alpha value is -3.59. The number of fused-ring (bicyclic) bond motifs is 1. The number of hydrogen-bond donors (Lipinski definition) is 2. The zero-order valence-corrected chi connectivity index (χ0v) is 18.9. The average Bonchev–Trinajstić information content (AvgIpc) is 3.17. The van der Waals surface area contributed by atoms with E-state index in [2.05, 4.69) is 32.6 Å². The van der Waals surface area contributed by atoms with Gasteiger partial charge in [-0.2, -0.15) is 9.50 Å². The van der Waals surface area contributed by atoms with Gasteiger partial charge in [-0.3, -0.25) is 0 Å². The molecule has 164 valence electrons. The lowest BCUT2D eigenvalue weighted by Gasteiger charge is -2.10. The lowest BCUT2D eigenvalue weighted by atomic mass is 10.3. The van der Waals surface area contributed by atoms with Gasteiger partial charge in [-0.1, -0.05) is 18.7 Å². The maximum atomic E-state index is 12.3. The number of hydrogen-bond acceptors (Lipinski definition) is 6. The highest BCUT2D eigenvalue weighted by atomic mass is 32.2. The number of aryl methyl sites for hydroxylation is 2. The lowest BCUT2D eigenvalue weighted by molar-refractivity contribution is 0.262. The van der Waals surface area contributed by atoms with Gasteiger partial charge in [-0.25, -0.2) is 9.78 Å². The van der Waals surface area contributed by atoms with Crippen LogP contribution in [-0.4, -0.2) is 32.2 Å². The molecule has 2 heterocycles. The van der Waals surface area contributed by atoms with Gasteiger partial charge in [0.15, 0.2) is 0 Å². The fourth-order valence-electron chi connectivity index (χ4n) is 3.06. The van der Waals surface area contributed by atoms with E-state index in [1.807, 2.05) is 56.3 Å². The highest BCUT2D eigenvalue weighted by Crippen LogP contribution is 2.29. The van der Waals surface area contributed by atoms with Gasteiger partial charge in [0.2, 0.25) is 0 Å². The van der Waals surface area contributed by atoms with E-state index in [0.29, 0.717) is 29.6 Å². The van der Waals surface area contributed by atoms with Crippen molar-refractivity contribution >= 4 is 34.9 Å². The van der Waals surface area contributed by atoms with E-state index in [4.69, 9.17) is 4.74 Å². The Balaban J connectivity index is 1.41. The summed E-state index contributed by atoms with van der Waals surface area (Å²) in [7, 11) is 0. The van der Waals surface area contributed by atoms with Gasteiger partial charge in [0.1, 0.15) is 16.6 Å². The molecule has 0 bridgehead atoms. The highest BCUT2D eigenvalue weighted by Gasteiger charge is 2.11. The van der Waals surface area contributed by atoms with Crippen LogP contribution in [0.4, 0.5) is 16.2 Å². The van der Waals surface area contributed by atoms with Crippen molar-refractivity contribution in [2.45, 2.75) is 37.1 Å². The number of ether oxygens (including phenoxy) is 1. The van der Waals surface area contributed by atoms with Gasteiger partial charge in [0.25, 0.3) is 5.78 Å². The van der Waals surface area contributed by atoms with Gasteiger partial charge in [-0.05, 0) is 74.9 Å². The van der Waals surface area contributed by atoms with Crippen LogP contribution in [0.1, 0.15) is 25.4 Å². The molecule has 2 aromatic heterocycles. The molecule has 2 amide bonds. The first-order chi connectivity index (χ1) is 15.5. The predicted octanol–water partition coefficient (Wildman–Crippen LogP) is 5.19. The summed E-state index contributed by atoms with van der Waals surface area (Å²) in [6.45, 7) is 6.45. The number of aromatic nitrogens is 4. The van der Waals surface area contributed by atoms with Gasteiger partial charge in [0, 0.05) is 22.0 Å². The van der Waals surface area contributed by atoms with Gasteiger partial charge in [-0.15, -0.1) is 5.10 Å². The number of carbonyl (C=O) groups excluding carboxylic acids is 1. The summed E-state index contributed by atoms with van der Waals surface area (Å²) in [6, 6.07) is 16.6. The monoisotopic (exact) mass is 448 g/mol. The van der Waals surface area contributed by atoms with E-state index in [0.717, 1.165) is 27.8 Å². The first-order valence-corrected chi connectivity index (χ1v) is 11.2. The maximum absolute atomic E-state index is 12.3. The molecule has 0 aliphatic heterocycles. The second-order valence-electron chi connectivity index (χ2n) is 6.97. The SMILES string of the molecule is CCOc1ccc(NC(=O)Nc2ccc(Sc3cc(CC)nc4nc(C)nn34)cc2)cc1. The van der Waals surface area contributed by atoms with Crippen LogP contribution in [0, 0.1) is 6.92 Å². The van der Waals surface area contributed by atoms with Crippen LogP contribution in [0.5, 0.6) is 5.75 Å². The summed E-state index contributed by atoms with van der Waals surface area (Å²) in [4.78, 5) is 22.2. The first kappa shape index (κ1) is 21.6. The molecule has 0 aliphatic rings. The summed E-state index contributed by atoms with van der Waals surface area (Å²) >= 11 is 1.58. The Morgan fingerprint density at radius 2 is 1.66 bits per heavy atom. The van der Waals surface area contributed by atoms with Crippen molar-refractivity contribution in [1.82, 2.24) is 19.6 Å². The zero-order chi connectivity index (χ0) is 22.5. The minimum Gasteiger partial charge on any atom is -0.494 e. The van der Waals surface area contributed by atoms with Crippen molar-refractivity contribution in [2.75, 3.05) is 17.2 Å². The number of rotatable bonds is 7. The number of nitrogens with zero attached hydrogens (tertiary/aromatic N) is 4. The van der Waals surface area contributed by atoms with Crippen molar-refractivity contribution in [3.8, 4) is 5.75 Å². The molecule has 2 aromatic carbocycles. The van der Waals surface area contributed by atoms with Crippen molar-refractivity contribution in [2.24, 2.45) is 0 Å². The van der Waals surface area contributed by atoms with Crippen molar-refractivity contribution < 1.29 is 9.53 Å². The van der Waals surface area contributed by atoms with E-state index >= 15 is 0 Å². The van der Waals surface area contributed by atoms with Crippen LogP contribution < -0.4 is 15.4 Å². The highest BCUT2D eigenvalue weighted by molar-refractivity contribution is 7.99. The predicted molar refractivity (Wildman–Crippen MR) is 126 cm³/mol. The third-order valence-electron chi connectivity index (χ3n) is 4.56. The molecule has 8 nitrogen and oxygen atoms in total. The van der Waals surface area contributed by atoms with Crippen molar-refractivity contribution in [3.05, 3.63) is 66.1 Å². The summed E-state index contributed by atoms with van der Waals surface area (Å²) in [5.74, 6) is 2.06. The molecule has 0 atom stereocenters. The number of carbonyl (C=O) groups is 1.